The largest absolute Gasteiger partial charge is 0.380 e. The number of methoxy groups -OCH3 is 1. The van der Waals surface area contributed by atoms with Crippen molar-refractivity contribution in [2.45, 2.75) is 25.2 Å². The van der Waals surface area contributed by atoms with Crippen LogP contribution in [0.25, 0.3) is 0 Å². The average Bonchev–Trinajstić information content (AvgIpc) is 2.55. The van der Waals surface area contributed by atoms with Gasteiger partial charge in [0.15, 0.2) is 0 Å². The van der Waals surface area contributed by atoms with Gasteiger partial charge in [-0.05, 0) is 25.1 Å². The molecule has 2 fully saturated rings. The van der Waals surface area contributed by atoms with Gasteiger partial charge in [0.25, 0.3) is 5.91 Å². The third-order valence-corrected chi connectivity index (χ3v) is 4.70. The summed E-state index contributed by atoms with van der Waals surface area (Å²) in [4.78, 5) is 17.2. The molecule has 2 aliphatic rings. The van der Waals surface area contributed by atoms with E-state index in [0.29, 0.717) is 12.6 Å². The number of nitrogens with zero attached hydrogens (tertiary/aromatic N) is 2. The van der Waals surface area contributed by atoms with Gasteiger partial charge >= 0.3 is 0 Å². The fourth-order valence-electron chi connectivity index (χ4n) is 3.41. The number of carbonyl (C=O) groups is 1. The number of morpholine rings is 1. The summed E-state index contributed by atoms with van der Waals surface area (Å²) in [5, 5.41) is 0. The summed E-state index contributed by atoms with van der Waals surface area (Å²) < 4.78 is 11.1. The molecule has 120 valence electrons. The first kappa shape index (κ1) is 15.5. The van der Waals surface area contributed by atoms with Crippen molar-refractivity contribution in [2.24, 2.45) is 0 Å². The Bertz CT molecular complexity index is 534. The number of rotatable bonds is 3. The van der Waals surface area contributed by atoms with E-state index in [-0.39, 0.29) is 12.0 Å². The maximum absolute atomic E-state index is 12.9. The van der Waals surface area contributed by atoms with E-state index in [1.54, 1.807) is 7.11 Å². The Labute approximate surface area is 131 Å². The molecule has 0 aliphatic carbocycles. The highest BCUT2D eigenvalue weighted by Crippen LogP contribution is 2.24. The number of carbonyl (C=O) groups excluding carboxylic acids is 1. The molecule has 1 aromatic carbocycles. The first-order valence-electron chi connectivity index (χ1n) is 7.88. The number of likely N-dealkylation sites (tertiary alicyclic amines) is 1. The number of fused-ring (bicyclic) bond motifs is 1. The minimum Gasteiger partial charge on any atom is -0.380 e. The van der Waals surface area contributed by atoms with Crippen LogP contribution in [0.1, 0.15) is 22.3 Å². The maximum Gasteiger partial charge on any atom is 0.254 e. The highest BCUT2D eigenvalue weighted by Gasteiger charge is 2.37. The van der Waals surface area contributed by atoms with E-state index in [0.717, 1.165) is 43.8 Å². The van der Waals surface area contributed by atoms with E-state index in [2.05, 4.69) is 11.9 Å². The molecule has 0 radical (unpaired) electrons. The van der Waals surface area contributed by atoms with Gasteiger partial charge in [-0.25, -0.2) is 0 Å². The van der Waals surface area contributed by atoms with Crippen molar-refractivity contribution < 1.29 is 14.3 Å². The normalized spacial score (nSPS) is 25.8. The van der Waals surface area contributed by atoms with Crippen molar-refractivity contribution in [1.82, 2.24) is 9.80 Å². The van der Waals surface area contributed by atoms with Crippen LogP contribution in [0, 0.1) is 0 Å². The Morgan fingerprint density at radius 1 is 1.36 bits per heavy atom. The second-order valence-electron chi connectivity index (χ2n) is 6.09. The lowest BCUT2D eigenvalue weighted by atomic mass is 9.97. The zero-order valence-corrected chi connectivity index (χ0v) is 13.3. The summed E-state index contributed by atoms with van der Waals surface area (Å²) in [7, 11) is 3.77. The van der Waals surface area contributed by atoms with Crippen molar-refractivity contribution in [2.75, 3.05) is 40.4 Å². The van der Waals surface area contributed by atoms with Crippen LogP contribution in [-0.2, 0) is 16.1 Å². The first-order chi connectivity index (χ1) is 10.7. The van der Waals surface area contributed by atoms with Crippen LogP contribution >= 0.6 is 0 Å². The van der Waals surface area contributed by atoms with Gasteiger partial charge in [-0.1, -0.05) is 18.2 Å². The molecule has 2 saturated heterocycles. The number of hydrogen-bond donors (Lipinski definition) is 0. The zero-order valence-electron chi connectivity index (χ0n) is 13.3. The standard InChI is InChI=1S/C17H24N2O3/c1-18-9-10-22-16-7-8-19(11-15(16)18)17(20)14-6-4-3-5-13(14)12-21-2/h3-6,15-16H,7-12H2,1-2H3/t15-,16+/m1/s1. The molecule has 2 heterocycles. The predicted octanol–water partition coefficient (Wildman–Crippen LogP) is 1.38. The van der Waals surface area contributed by atoms with Crippen molar-refractivity contribution in [3.05, 3.63) is 35.4 Å². The minimum absolute atomic E-state index is 0.102. The smallest absolute Gasteiger partial charge is 0.254 e. The molecule has 2 aliphatic heterocycles. The van der Waals surface area contributed by atoms with Crippen LogP contribution in [0.5, 0.6) is 0 Å². The molecule has 0 unspecified atom stereocenters. The number of hydrogen-bond acceptors (Lipinski definition) is 4. The molecule has 1 amide bonds. The third-order valence-electron chi connectivity index (χ3n) is 4.70. The van der Waals surface area contributed by atoms with Crippen LogP contribution < -0.4 is 0 Å². The van der Waals surface area contributed by atoms with Gasteiger partial charge in [0, 0.05) is 32.3 Å². The molecule has 5 nitrogen and oxygen atoms in total. The van der Waals surface area contributed by atoms with Gasteiger partial charge < -0.3 is 14.4 Å². The molecule has 0 spiro atoms. The van der Waals surface area contributed by atoms with E-state index >= 15 is 0 Å². The number of ether oxygens (including phenoxy) is 2. The van der Waals surface area contributed by atoms with E-state index in [1.165, 1.54) is 0 Å². The molecular formula is C17H24N2O3. The van der Waals surface area contributed by atoms with Crippen LogP contribution in [-0.4, -0.2) is 68.3 Å². The lowest BCUT2D eigenvalue weighted by molar-refractivity contribution is -0.0893. The first-order valence-corrected chi connectivity index (χ1v) is 7.88. The minimum atomic E-state index is 0.102. The number of likely N-dealkylation sites (N-methyl/N-ethyl adjacent to an activating group) is 1. The second kappa shape index (κ2) is 6.77. The van der Waals surface area contributed by atoms with Crippen molar-refractivity contribution >= 4 is 5.91 Å². The van der Waals surface area contributed by atoms with Gasteiger partial charge in [0.2, 0.25) is 0 Å². The Hall–Kier alpha value is -1.43. The predicted molar refractivity (Wildman–Crippen MR) is 83.8 cm³/mol. The topological polar surface area (TPSA) is 42.0 Å². The van der Waals surface area contributed by atoms with Gasteiger partial charge in [-0.2, -0.15) is 0 Å². The summed E-state index contributed by atoms with van der Waals surface area (Å²) in [6.07, 6.45) is 1.17. The van der Waals surface area contributed by atoms with Crippen molar-refractivity contribution in [3.63, 3.8) is 0 Å². The van der Waals surface area contributed by atoms with Gasteiger partial charge in [0.05, 0.1) is 25.4 Å². The highest BCUT2D eigenvalue weighted by molar-refractivity contribution is 5.95. The van der Waals surface area contributed by atoms with Crippen LogP contribution in [0.15, 0.2) is 24.3 Å². The summed E-state index contributed by atoms with van der Waals surface area (Å²) in [5.41, 5.74) is 1.70. The quantitative estimate of drug-likeness (QED) is 0.846. The number of piperidine rings is 1. The lowest BCUT2D eigenvalue weighted by Gasteiger charge is -2.45. The van der Waals surface area contributed by atoms with Crippen molar-refractivity contribution in [3.8, 4) is 0 Å². The van der Waals surface area contributed by atoms with E-state index in [1.807, 2.05) is 29.2 Å². The second-order valence-corrected chi connectivity index (χ2v) is 6.09. The zero-order chi connectivity index (χ0) is 15.5. The Kier molecular flexibility index (Phi) is 4.76. The SMILES string of the molecule is COCc1ccccc1C(=O)N1CC[C@@H]2OCCN(C)[C@@H]2C1. The van der Waals surface area contributed by atoms with Crippen molar-refractivity contribution in [1.29, 1.82) is 0 Å². The van der Waals surface area contributed by atoms with Gasteiger partial charge in [-0.3, -0.25) is 9.69 Å². The fourth-order valence-corrected chi connectivity index (χ4v) is 3.41. The third kappa shape index (κ3) is 3.02. The number of amides is 1. The molecule has 0 saturated carbocycles. The molecule has 5 heteroatoms. The van der Waals surface area contributed by atoms with Crippen LogP contribution in [0.3, 0.4) is 0 Å². The molecule has 3 rings (SSSR count). The maximum atomic E-state index is 12.9. The van der Waals surface area contributed by atoms with E-state index < -0.39 is 0 Å². The molecule has 2 atom stereocenters. The fraction of sp³-hybridized carbons (Fsp3) is 0.588. The Morgan fingerprint density at radius 2 is 2.18 bits per heavy atom. The Morgan fingerprint density at radius 3 is 3.00 bits per heavy atom. The Balaban J connectivity index is 1.75. The van der Waals surface area contributed by atoms with Crippen LogP contribution in [0.2, 0.25) is 0 Å². The monoisotopic (exact) mass is 304 g/mol. The molecule has 0 N–H and O–H groups in total. The number of benzene rings is 1. The molecule has 0 aromatic heterocycles. The van der Waals surface area contributed by atoms with E-state index in [9.17, 15) is 4.79 Å². The molecule has 1 aromatic rings. The summed E-state index contributed by atoms with van der Waals surface area (Å²) >= 11 is 0. The van der Waals surface area contributed by atoms with Gasteiger partial charge in [-0.15, -0.1) is 0 Å². The highest BCUT2D eigenvalue weighted by atomic mass is 16.5. The lowest BCUT2D eigenvalue weighted by Crippen LogP contribution is -2.59. The summed E-state index contributed by atoms with van der Waals surface area (Å²) in [6, 6.07) is 8.01. The average molecular weight is 304 g/mol. The molecule has 22 heavy (non-hydrogen) atoms. The summed E-state index contributed by atoms with van der Waals surface area (Å²) in [5.74, 6) is 0.102. The molecule has 0 bridgehead atoms. The van der Waals surface area contributed by atoms with Crippen LogP contribution in [0.4, 0.5) is 0 Å². The molecular weight excluding hydrogens is 280 g/mol. The van der Waals surface area contributed by atoms with Gasteiger partial charge in [0.1, 0.15) is 0 Å². The summed E-state index contributed by atoms with van der Waals surface area (Å²) in [6.45, 7) is 3.69. The van der Waals surface area contributed by atoms with E-state index in [4.69, 9.17) is 9.47 Å².